The molecule has 10 heteroatoms. The third-order valence-electron chi connectivity index (χ3n) is 5.01. The van der Waals surface area contributed by atoms with E-state index in [0.717, 1.165) is 19.3 Å². The van der Waals surface area contributed by atoms with Gasteiger partial charge in [0.2, 0.25) is 5.91 Å². The summed E-state index contributed by atoms with van der Waals surface area (Å²) in [6, 6.07) is 5.19. The number of likely N-dealkylation sites (N-methyl/N-ethyl adjacent to an activating group) is 1. The quantitative estimate of drug-likeness (QED) is 0.578. The lowest BCUT2D eigenvalue weighted by molar-refractivity contribution is -0.115. The van der Waals surface area contributed by atoms with E-state index in [1.54, 1.807) is 30.0 Å². The van der Waals surface area contributed by atoms with Crippen LogP contribution in [0.4, 0.5) is 17.2 Å². The monoisotopic (exact) mass is 431 g/mol. The molecule has 0 bridgehead atoms. The van der Waals surface area contributed by atoms with E-state index in [1.807, 2.05) is 6.92 Å². The average Bonchev–Trinajstić information content (AvgIpc) is 2.97. The highest BCUT2D eigenvalue weighted by atomic mass is 16.5. The van der Waals surface area contributed by atoms with Crippen LogP contribution in [0.15, 0.2) is 27.8 Å². The van der Waals surface area contributed by atoms with Crippen LogP contribution in [0.5, 0.6) is 11.5 Å². The van der Waals surface area contributed by atoms with Crippen molar-refractivity contribution in [2.24, 2.45) is 0 Å². The number of carbonyl (C=O) groups is 1. The summed E-state index contributed by atoms with van der Waals surface area (Å²) in [5.41, 5.74) is 5.67. The summed E-state index contributed by atoms with van der Waals surface area (Å²) < 4.78 is 12.6. The number of rotatable bonds is 8. The van der Waals surface area contributed by atoms with Gasteiger partial charge in [-0.05, 0) is 25.5 Å². The van der Waals surface area contributed by atoms with E-state index < -0.39 is 11.2 Å². The Bertz CT molecular complexity index is 1050. The van der Waals surface area contributed by atoms with Crippen LogP contribution >= 0.6 is 0 Å². The number of hydrogen-bond acceptors (Lipinski definition) is 7. The minimum Gasteiger partial charge on any atom is -0.490 e. The van der Waals surface area contributed by atoms with Gasteiger partial charge in [-0.25, -0.2) is 4.79 Å². The minimum atomic E-state index is -0.611. The smallest absolute Gasteiger partial charge is 0.330 e. The van der Waals surface area contributed by atoms with Crippen molar-refractivity contribution < 1.29 is 14.3 Å². The maximum atomic E-state index is 12.7. The molecule has 1 aromatic heterocycles. The highest BCUT2D eigenvalue weighted by Gasteiger charge is 2.20. The van der Waals surface area contributed by atoms with Crippen LogP contribution < -0.4 is 36.7 Å². The van der Waals surface area contributed by atoms with Gasteiger partial charge in [-0.2, -0.15) is 0 Å². The van der Waals surface area contributed by atoms with Crippen molar-refractivity contribution in [3.63, 3.8) is 0 Å². The van der Waals surface area contributed by atoms with Crippen molar-refractivity contribution in [2.45, 2.75) is 39.7 Å². The second-order valence-electron chi connectivity index (χ2n) is 7.27. The molecule has 1 aliphatic heterocycles. The molecule has 1 aliphatic rings. The van der Waals surface area contributed by atoms with Gasteiger partial charge in [-0.15, -0.1) is 0 Å². The Morgan fingerprint density at radius 2 is 1.97 bits per heavy atom. The number of ether oxygens (including phenoxy) is 2. The van der Waals surface area contributed by atoms with Gasteiger partial charge in [0, 0.05) is 31.3 Å². The third kappa shape index (κ3) is 5.19. The second kappa shape index (κ2) is 10.1. The number of nitrogens with one attached hydrogen (secondary N) is 2. The molecule has 2 aromatic rings. The maximum absolute atomic E-state index is 12.7. The lowest BCUT2D eigenvalue weighted by Crippen LogP contribution is -2.41. The van der Waals surface area contributed by atoms with Gasteiger partial charge in [-0.3, -0.25) is 19.1 Å². The molecule has 0 aliphatic carbocycles. The summed E-state index contributed by atoms with van der Waals surface area (Å²) >= 11 is 0. The molecule has 0 fully saturated rings. The number of nitrogens with zero attached hydrogens (tertiary/aromatic N) is 2. The number of aromatic nitrogens is 2. The molecule has 0 saturated carbocycles. The van der Waals surface area contributed by atoms with Gasteiger partial charge in [-0.1, -0.05) is 13.3 Å². The van der Waals surface area contributed by atoms with Gasteiger partial charge in [0.15, 0.2) is 11.5 Å². The number of unbranched alkanes of at least 4 members (excludes halogenated alkanes) is 1. The number of fused-ring (bicyclic) bond motifs is 1. The Morgan fingerprint density at radius 1 is 1.23 bits per heavy atom. The molecule has 31 heavy (non-hydrogen) atoms. The van der Waals surface area contributed by atoms with Crippen LogP contribution in [-0.2, 0) is 11.3 Å². The molecule has 10 nitrogen and oxygen atoms in total. The minimum absolute atomic E-state index is 0.0624. The first-order valence-electron chi connectivity index (χ1n) is 10.5. The Hall–Kier alpha value is -3.43. The summed E-state index contributed by atoms with van der Waals surface area (Å²) in [6.45, 7) is 5.58. The summed E-state index contributed by atoms with van der Waals surface area (Å²) in [5.74, 6) is 0.944. The van der Waals surface area contributed by atoms with Crippen molar-refractivity contribution in [3.8, 4) is 11.5 Å². The van der Waals surface area contributed by atoms with Gasteiger partial charge in [0.1, 0.15) is 11.5 Å². The van der Waals surface area contributed by atoms with Crippen LogP contribution in [-0.4, -0.2) is 41.8 Å². The zero-order chi connectivity index (χ0) is 22.4. The summed E-state index contributed by atoms with van der Waals surface area (Å²) in [5, 5.41) is 2.81. The highest BCUT2D eigenvalue weighted by molar-refractivity contribution is 5.94. The van der Waals surface area contributed by atoms with Crippen molar-refractivity contribution >= 4 is 23.1 Å². The molecule has 0 unspecified atom stereocenters. The van der Waals surface area contributed by atoms with Crippen molar-refractivity contribution in [3.05, 3.63) is 39.0 Å². The van der Waals surface area contributed by atoms with E-state index in [9.17, 15) is 14.4 Å². The van der Waals surface area contributed by atoms with Crippen molar-refractivity contribution in [1.29, 1.82) is 0 Å². The number of nitrogen functional groups attached to an aromatic ring is 1. The number of benzene rings is 1. The Morgan fingerprint density at radius 3 is 2.68 bits per heavy atom. The van der Waals surface area contributed by atoms with Gasteiger partial charge in [0.05, 0.1) is 19.8 Å². The molecule has 2 heterocycles. The number of H-pyrrole nitrogens is 1. The first-order chi connectivity index (χ1) is 14.9. The fourth-order valence-electron chi connectivity index (χ4n) is 3.39. The summed E-state index contributed by atoms with van der Waals surface area (Å²) in [4.78, 5) is 41.2. The predicted molar refractivity (Wildman–Crippen MR) is 119 cm³/mol. The maximum Gasteiger partial charge on any atom is 0.330 e. The standard InChI is InChI=1S/C21H29N5O5/c1-3-5-9-26-19(22)18(20(28)24-21(26)29)25(4-2)13-17(27)23-14-7-8-15-16(12-14)31-11-6-10-30-15/h7-8,12H,3-6,9-11,13,22H2,1-2H3,(H,23,27)(H,24,28,29). The fourth-order valence-corrected chi connectivity index (χ4v) is 3.39. The van der Waals surface area contributed by atoms with Crippen LogP contribution in [0, 0.1) is 0 Å². The van der Waals surface area contributed by atoms with E-state index in [-0.39, 0.29) is 24.0 Å². The van der Waals surface area contributed by atoms with E-state index in [1.165, 1.54) is 4.57 Å². The van der Waals surface area contributed by atoms with Gasteiger partial charge in [0.25, 0.3) is 5.56 Å². The molecule has 4 N–H and O–H groups in total. The van der Waals surface area contributed by atoms with Crippen LogP contribution in [0.1, 0.15) is 33.1 Å². The average molecular weight is 431 g/mol. The molecular formula is C21H29N5O5. The lowest BCUT2D eigenvalue weighted by atomic mass is 10.2. The van der Waals surface area contributed by atoms with Crippen LogP contribution in [0.2, 0.25) is 0 Å². The zero-order valence-corrected chi connectivity index (χ0v) is 17.9. The molecule has 0 atom stereocenters. The van der Waals surface area contributed by atoms with Crippen molar-refractivity contribution in [2.75, 3.05) is 42.3 Å². The molecule has 168 valence electrons. The second-order valence-corrected chi connectivity index (χ2v) is 7.27. The van der Waals surface area contributed by atoms with Crippen molar-refractivity contribution in [1.82, 2.24) is 9.55 Å². The number of aromatic amines is 1. The largest absolute Gasteiger partial charge is 0.490 e. The number of anilines is 3. The van der Waals surface area contributed by atoms with Gasteiger partial charge < -0.3 is 25.4 Å². The molecular weight excluding hydrogens is 402 g/mol. The third-order valence-corrected chi connectivity index (χ3v) is 5.01. The number of hydrogen-bond donors (Lipinski definition) is 3. The molecule has 3 rings (SSSR count). The van der Waals surface area contributed by atoms with Crippen LogP contribution in [0.25, 0.3) is 0 Å². The normalized spacial score (nSPS) is 12.8. The molecule has 0 radical (unpaired) electrons. The molecule has 0 spiro atoms. The molecule has 1 amide bonds. The lowest BCUT2D eigenvalue weighted by Gasteiger charge is -2.24. The Kier molecular flexibility index (Phi) is 7.22. The Balaban J connectivity index is 1.78. The van der Waals surface area contributed by atoms with E-state index >= 15 is 0 Å². The van der Waals surface area contributed by atoms with E-state index in [4.69, 9.17) is 15.2 Å². The molecule has 1 aromatic carbocycles. The number of nitrogens with two attached hydrogens (primary N) is 1. The SMILES string of the molecule is CCCCn1c(N)c(N(CC)CC(=O)Nc2ccc3c(c2)OCCCO3)c(=O)[nH]c1=O. The Labute approximate surface area is 180 Å². The van der Waals surface area contributed by atoms with E-state index in [0.29, 0.717) is 43.5 Å². The summed E-state index contributed by atoms with van der Waals surface area (Å²) in [6.07, 6.45) is 2.40. The topological polar surface area (TPSA) is 132 Å². The first kappa shape index (κ1) is 22.3. The summed E-state index contributed by atoms with van der Waals surface area (Å²) in [7, 11) is 0. The van der Waals surface area contributed by atoms with Gasteiger partial charge >= 0.3 is 5.69 Å². The first-order valence-corrected chi connectivity index (χ1v) is 10.5. The van der Waals surface area contributed by atoms with E-state index in [2.05, 4.69) is 10.3 Å². The zero-order valence-electron chi connectivity index (χ0n) is 17.9. The predicted octanol–water partition coefficient (Wildman–Crippen LogP) is 1.55. The number of amides is 1. The van der Waals surface area contributed by atoms with Crippen LogP contribution in [0.3, 0.4) is 0 Å². The fraction of sp³-hybridized carbons (Fsp3) is 0.476. The molecule has 0 saturated heterocycles. The number of carbonyl (C=O) groups excluding carboxylic acids is 1. The highest BCUT2D eigenvalue weighted by Crippen LogP contribution is 2.32.